The van der Waals surface area contributed by atoms with Crippen LogP contribution in [0.5, 0.6) is 0 Å². The third-order valence-corrected chi connectivity index (χ3v) is 7.54. The van der Waals surface area contributed by atoms with E-state index >= 15 is 0 Å². The van der Waals surface area contributed by atoms with E-state index in [1.807, 2.05) is 36.4 Å². The van der Waals surface area contributed by atoms with Gasteiger partial charge in [-0.15, -0.1) is 0 Å². The molecule has 2 N–H and O–H groups in total. The molecule has 6 rings (SSSR count). The number of rotatable bonds is 5. The Labute approximate surface area is 194 Å². The molecular formula is C26H33N3O4. The highest BCUT2D eigenvalue weighted by Crippen LogP contribution is 2.61. The zero-order chi connectivity index (χ0) is 23.4. The van der Waals surface area contributed by atoms with Gasteiger partial charge in [-0.05, 0) is 62.5 Å². The van der Waals surface area contributed by atoms with Crippen LogP contribution in [0.4, 0.5) is 5.82 Å². The molecule has 1 heterocycles. The summed E-state index contributed by atoms with van der Waals surface area (Å²) in [6.45, 7) is 5.85. The zero-order valence-electron chi connectivity index (χ0n) is 19.6. The first-order valence-corrected chi connectivity index (χ1v) is 11.9. The Bertz CT molecular complexity index is 1050. The fourth-order valence-corrected chi connectivity index (χ4v) is 6.52. The Morgan fingerprint density at radius 3 is 2.42 bits per heavy atom. The Kier molecular flexibility index (Phi) is 5.16. The maximum Gasteiger partial charge on any atom is 0.312 e. The molecule has 0 radical (unpaired) electrons. The van der Waals surface area contributed by atoms with E-state index in [1.165, 1.54) is 0 Å². The number of hydrogen-bond donors (Lipinski definition) is 2. The van der Waals surface area contributed by atoms with Crippen molar-refractivity contribution >= 4 is 17.7 Å². The topological polar surface area (TPSA) is 93.5 Å². The highest BCUT2D eigenvalue weighted by atomic mass is 16.5. The highest BCUT2D eigenvalue weighted by molar-refractivity contribution is 5.93. The van der Waals surface area contributed by atoms with Crippen LogP contribution in [0.1, 0.15) is 65.0 Å². The average Bonchev–Trinajstić information content (AvgIpc) is 3.15. The molecule has 2 atom stereocenters. The van der Waals surface area contributed by atoms with Crippen molar-refractivity contribution < 1.29 is 19.4 Å². The number of nitrogens with one attached hydrogen (secondary N) is 1. The van der Waals surface area contributed by atoms with Gasteiger partial charge >= 0.3 is 5.97 Å². The number of anilines is 1. The Morgan fingerprint density at radius 2 is 1.82 bits per heavy atom. The van der Waals surface area contributed by atoms with Gasteiger partial charge in [0, 0.05) is 11.5 Å². The molecule has 33 heavy (non-hydrogen) atoms. The van der Waals surface area contributed by atoms with E-state index in [4.69, 9.17) is 9.84 Å². The van der Waals surface area contributed by atoms with Gasteiger partial charge in [-0.3, -0.25) is 9.59 Å². The first-order chi connectivity index (χ1) is 15.6. The first kappa shape index (κ1) is 22.1. The van der Waals surface area contributed by atoms with Crippen molar-refractivity contribution in [2.24, 2.45) is 17.3 Å². The number of para-hydroxylation sites is 1. The Morgan fingerprint density at radius 1 is 1.15 bits per heavy atom. The largest absolute Gasteiger partial charge is 0.455 e. The summed E-state index contributed by atoms with van der Waals surface area (Å²) in [5, 5.41) is 18.5. The summed E-state index contributed by atoms with van der Waals surface area (Å²) in [5.74, 6) is 0.570. The summed E-state index contributed by atoms with van der Waals surface area (Å²) < 4.78 is 7.24. The molecule has 7 nitrogen and oxygen atoms in total. The molecule has 1 aromatic heterocycles. The summed E-state index contributed by atoms with van der Waals surface area (Å²) in [6, 6.07) is 11.5. The van der Waals surface area contributed by atoms with E-state index in [2.05, 4.69) is 26.1 Å². The molecule has 176 valence electrons. The number of aromatic nitrogens is 2. The van der Waals surface area contributed by atoms with Gasteiger partial charge in [-0.1, -0.05) is 39.0 Å². The molecule has 4 aliphatic rings. The monoisotopic (exact) mass is 451 g/mol. The Hall–Kier alpha value is -2.67. The van der Waals surface area contributed by atoms with Crippen molar-refractivity contribution in [3.05, 3.63) is 42.1 Å². The number of carbonyl (C=O) groups is 2. The van der Waals surface area contributed by atoms with E-state index < -0.39 is 16.9 Å². The lowest BCUT2D eigenvalue weighted by Crippen LogP contribution is -2.58. The molecule has 4 bridgehead atoms. The van der Waals surface area contributed by atoms with Crippen molar-refractivity contribution in [2.45, 2.75) is 70.3 Å². The van der Waals surface area contributed by atoms with Crippen molar-refractivity contribution in [1.29, 1.82) is 0 Å². The third kappa shape index (κ3) is 4.19. The van der Waals surface area contributed by atoms with Crippen molar-refractivity contribution in [1.82, 2.24) is 9.78 Å². The summed E-state index contributed by atoms with van der Waals surface area (Å²) in [6.07, 6.45) is 4.67. The number of aliphatic hydroxyl groups is 1. The molecule has 2 unspecified atom stereocenters. The zero-order valence-corrected chi connectivity index (χ0v) is 19.6. The second kappa shape index (κ2) is 7.69. The maximum absolute atomic E-state index is 13.1. The molecule has 4 fully saturated rings. The minimum Gasteiger partial charge on any atom is -0.455 e. The predicted molar refractivity (Wildman–Crippen MR) is 124 cm³/mol. The van der Waals surface area contributed by atoms with Gasteiger partial charge in [0.2, 0.25) is 0 Å². The predicted octanol–water partition coefficient (Wildman–Crippen LogP) is 3.98. The fraction of sp³-hybridized carbons (Fsp3) is 0.577. The molecule has 0 saturated heterocycles. The van der Waals surface area contributed by atoms with E-state index in [-0.39, 0.29) is 18.0 Å². The molecule has 7 heteroatoms. The highest BCUT2D eigenvalue weighted by Gasteiger charge is 2.60. The van der Waals surface area contributed by atoms with Crippen molar-refractivity contribution in [2.75, 3.05) is 11.9 Å². The lowest BCUT2D eigenvalue weighted by molar-refractivity contribution is -0.196. The van der Waals surface area contributed by atoms with Crippen LogP contribution >= 0.6 is 0 Å². The second-order valence-electron chi connectivity index (χ2n) is 11.5. The molecule has 4 saturated carbocycles. The van der Waals surface area contributed by atoms with Crippen LogP contribution in [0.25, 0.3) is 5.69 Å². The van der Waals surface area contributed by atoms with Gasteiger partial charge in [0.25, 0.3) is 5.91 Å². The second-order valence-corrected chi connectivity index (χ2v) is 11.5. The molecule has 1 aromatic carbocycles. The molecule has 4 aliphatic carbocycles. The lowest BCUT2D eigenvalue weighted by atomic mass is 9.48. The first-order valence-electron chi connectivity index (χ1n) is 11.9. The quantitative estimate of drug-likeness (QED) is 0.671. The van der Waals surface area contributed by atoms with Crippen LogP contribution in [0.3, 0.4) is 0 Å². The minimum atomic E-state index is -0.739. The van der Waals surface area contributed by atoms with Crippen LogP contribution in [0.15, 0.2) is 36.4 Å². The van der Waals surface area contributed by atoms with Gasteiger partial charge < -0.3 is 15.2 Å². The summed E-state index contributed by atoms with van der Waals surface area (Å²) in [7, 11) is 0. The summed E-state index contributed by atoms with van der Waals surface area (Å²) in [5.41, 5.74) is 0.119. The van der Waals surface area contributed by atoms with Crippen LogP contribution in [0.2, 0.25) is 0 Å². The normalized spacial score (nSPS) is 30.3. The Balaban J connectivity index is 1.28. The van der Waals surface area contributed by atoms with Crippen LogP contribution in [-0.2, 0) is 19.7 Å². The van der Waals surface area contributed by atoms with Crippen LogP contribution < -0.4 is 5.32 Å². The van der Waals surface area contributed by atoms with E-state index in [9.17, 15) is 14.7 Å². The van der Waals surface area contributed by atoms with Crippen LogP contribution in [-0.4, -0.2) is 39.0 Å². The molecule has 1 amide bonds. The van der Waals surface area contributed by atoms with Gasteiger partial charge in [0.05, 0.1) is 22.4 Å². The average molecular weight is 452 g/mol. The van der Waals surface area contributed by atoms with Crippen LogP contribution in [0, 0.1) is 17.3 Å². The number of carbonyl (C=O) groups excluding carboxylic acids is 2. The SMILES string of the molecule is CC(C)(C)c1cc(NC(=O)COC(=O)C23CC4CC(CC(O)(C4)C2)C3)n(-c2ccccc2)n1. The number of benzene rings is 1. The fourth-order valence-electron chi connectivity index (χ4n) is 6.52. The number of ether oxygens (including phenoxy) is 1. The number of esters is 1. The lowest BCUT2D eigenvalue weighted by Gasteiger charge is -2.58. The maximum atomic E-state index is 13.1. The molecule has 0 spiro atoms. The summed E-state index contributed by atoms with van der Waals surface area (Å²) in [4.78, 5) is 25.9. The van der Waals surface area contributed by atoms with E-state index in [0.29, 0.717) is 24.1 Å². The van der Waals surface area contributed by atoms with E-state index in [0.717, 1.165) is 43.5 Å². The van der Waals surface area contributed by atoms with Gasteiger partial charge in [0.1, 0.15) is 5.82 Å². The van der Waals surface area contributed by atoms with Gasteiger partial charge in [-0.2, -0.15) is 5.10 Å². The van der Waals surface area contributed by atoms with Gasteiger partial charge in [0.15, 0.2) is 6.61 Å². The smallest absolute Gasteiger partial charge is 0.312 e. The minimum absolute atomic E-state index is 0.190. The molecule has 2 aromatic rings. The van der Waals surface area contributed by atoms with Gasteiger partial charge in [-0.25, -0.2) is 4.68 Å². The standard InChI is InChI=1S/C26H33N3O4/c1-24(2,3)20-10-21(29(28-20)19-7-5-4-6-8-19)27-22(30)15-33-23(31)25-11-17-9-18(12-25)14-26(32,13-17)16-25/h4-8,10,17-18,32H,9,11-16H2,1-3H3,(H,27,30). The molecular weight excluding hydrogens is 418 g/mol. The molecule has 0 aliphatic heterocycles. The van der Waals surface area contributed by atoms with Crippen molar-refractivity contribution in [3.8, 4) is 5.69 Å². The number of hydrogen-bond acceptors (Lipinski definition) is 5. The van der Waals surface area contributed by atoms with Crippen molar-refractivity contribution in [3.63, 3.8) is 0 Å². The number of nitrogens with zero attached hydrogens (tertiary/aromatic N) is 2. The number of amides is 1. The third-order valence-electron chi connectivity index (χ3n) is 7.54. The summed E-state index contributed by atoms with van der Waals surface area (Å²) >= 11 is 0. The van der Waals surface area contributed by atoms with E-state index in [1.54, 1.807) is 4.68 Å².